The molecule has 0 aliphatic rings. The van der Waals surface area contributed by atoms with Gasteiger partial charge < -0.3 is 4.74 Å². The van der Waals surface area contributed by atoms with Crippen molar-refractivity contribution in [2.45, 2.75) is 6.61 Å². The van der Waals surface area contributed by atoms with Crippen molar-refractivity contribution in [3.63, 3.8) is 0 Å². The zero-order valence-corrected chi connectivity index (χ0v) is 11.3. The number of carbonyl (C=O) groups is 2. The molecule has 0 fully saturated rings. The fourth-order valence-corrected chi connectivity index (χ4v) is 1.75. The third kappa shape index (κ3) is 3.83. The molecule has 0 atom stereocenters. The van der Waals surface area contributed by atoms with E-state index in [2.05, 4.69) is 5.32 Å². The zero-order valence-electron chi connectivity index (χ0n) is 10.5. The fourth-order valence-electron chi connectivity index (χ4n) is 1.58. The van der Waals surface area contributed by atoms with Gasteiger partial charge in [-0.05, 0) is 17.7 Å². The minimum atomic E-state index is -0.626. The molecule has 0 spiro atoms. The lowest BCUT2D eigenvalue weighted by molar-refractivity contribution is 0.112. The first-order chi connectivity index (χ1) is 9.69. The molecule has 0 heterocycles. The Morgan fingerprint density at radius 3 is 2.65 bits per heavy atom. The summed E-state index contributed by atoms with van der Waals surface area (Å²) in [6.45, 7) is 0.164. The number of nitrogens with one attached hydrogen (secondary N) is 1. The van der Waals surface area contributed by atoms with Crippen LogP contribution < -0.4 is 5.32 Å². The number of aldehydes is 1. The number of hydrogen-bond acceptors (Lipinski definition) is 3. The third-order valence-electron chi connectivity index (χ3n) is 2.58. The summed E-state index contributed by atoms with van der Waals surface area (Å²) in [5, 5.41) is 2.84. The van der Waals surface area contributed by atoms with Crippen molar-refractivity contribution in [3.8, 4) is 0 Å². The standard InChI is InChI=1S/C15H12ClNO3/c16-13-7-6-12(9-18)8-14(13)17-15(19)20-10-11-4-2-1-3-5-11/h1-9H,10H2,(H,17,19). The molecule has 5 heteroatoms. The number of benzene rings is 2. The maximum absolute atomic E-state index is 11.7. The Bertz CT molecular complexity index is 614. The molecule has 2 rings (SSSR count). The molecular formula is C15H12ClNO3. The van der Waals surface area contributed by atoms with Crippen molar-refractivity contribution in [3.05, 3.63) is 64.7 Å². The van der Waals surface area contributed by atoms with Crippen LogP contribution in [0, 0.1) is 0 Å². The third-order valence-corrected chi connectivity index (χ3v) is 2.91. The summed E-state index contributed by atoms with van der Waals surface area (Å²) >= 11 is 5.93. The quantitative estimate of drug-likeness (QED) is 0.869. The van der Waals surface area contributed by atoms with E-state index in [9.17, 15) is 9.59 Å². The van der Waals surface area contributed by atoms with Gasteiger partial charge in [0.25, 0.3) is 0 Å². The largest absolute Gasteiger partial charge is 0.444 e. The van der Waals surface area contributed by atoms with Crippen molar-refractivity contribution in [1.82, 2.24) is 0 Å². The predicted octanol–water partition coefficient (Wildman–Crippen LogP) is 3.90. The molecule has 0 saturated carbocycles. The molecule has 0 aliphatic carbocycles. The van der Waals surface area contributed by atoms with Crippen LogP contribution in [-0.4, -0.2) is 12.4 Å². The highest BCUT2D eigenvalue weighted by Crippen LogP contribution is 2.22. The SMILES string of the molecule is O=Cc1ccc(Cl)c(NC(=O)OCc2ccccc2)c1. The molecule has 2 aromatic rings. The van der Waals surface area contributed by atoms with E-state index < -0.39 is 6.09 Å². The van der Waals surface area contributed by atoms with Crippen LogP contribution in [-0.2, 0) is 11.3 Å². The first kappa shape index (κ1) is 14.1. The van der Waals surface area contributed by atoms with Crippen LogP contribution in [0.2, 0.25) is 5.02 Å². The second-order valence-corrected chi connectivity index (χ2v) is 4.45. The summed E-state index contributed by atoms with van der Waals surface area (Å²) in [6, 6.07) is 13.9. The summed E-state index contributed by atoms with van der Waals surface area (Å²) < 4.78 is 5.06. The molecule has 20 heavy (non-hydrogen) atoms. The average Bonchev–Trinajstić information content (AvgIpc) is 2.48. The van der Waals surface area contributed by atoms with Crippen LogP contribution in [0.4, 0.5) is 10.5 Å². The summed E-state index contributed by atoms with van der Waals surface area (Å²) in [7, 11) is 0. The highest BCUT2D eigenvalue weighted by Gasteiger charge is 2.08. The maximum Gasteiger partial charge on any atom is 0.412 e. The molecule has 0 aliphatic heterocycles. The number of anilines is 1. The molecule has 4 nitrogen and oxygen atoms in total. The highest BCUT2D eigenvalue weighted by atomic mass is 35.5. The first-order valence-corrected chi connectivity index (χ1v) is 6.29. The van der Waals surface area contributed by atoms with Gasteiger partial charge in [-0.3, -0.25) is 10.1 Å². The van der Waals surface area contributed by atoms with E-state index >= 15 is 0 Å². The van der Waals surface area contributed by atoms with E-state index in [1.54, 1.807) is 6.07 Å². The molecule has 2 aromatic carbocycles. The fraction of sp³-hybridized carbons (Fsp3) is 0.0667. The van der Waals surface area contributed by atoms with Gasteiger partial charge in [0.15, 0.2) is 0 Å². The monoisotopic (exact) mass is 289 g/mol. The Balaban J connectivity index is 1.96. The van der Waals surface area contributed by atoms with E-state index in [0.29, 0.717) is 22.6 Å². The second kappa shape index (κ2) is 6.73. The van der Waals surface area contributed by atoms with Gasteiger partial charge >= 0.3 is 6.09 Å². The van der Waals surface area contributed by atoms with Gasteiger partial charge in [-0.15, -0.1) is 0 Å². The number of halogens is 1. The number of ether oxygens (including phenoxy) is 1. The minimum Gasteiger partial charge on any atom is -0.444 e. The second-order valence-electron chi connectivity index (χ2n) is 4.04. The van der Waals surface area contributed by atoms with E-state index in [1.807, 2.05) is 30.3 Å². The molecule has 1 amide bonds. The molecule has 1 N–H and O–H groups in total. The number of rotatable bonds is 4. The molecular weight excluding hydrogens is 278 g/mol. The Labute approximate surface area is 121 Å². The molecule has 0 unspecified atom stereocenters. The van der Waals surface area contributed by atoms with E-state index in [4.69, 9.17) is 16.3 Å². The van der Waals surface area contributed by atoms with Crippen LogP contribution >= 0.6 is 11.6 Å². The molecule has 0 radical (unpaired) electrons. The summed E-state index contributed by atoms with van der Waals surface area (Å²) in [6.07, 6.45) is 0.0513. The van der Waals surface area contributed by atoms with Gasteiger partial charge in [0, 0.05) is 5.56 Å². The normalized spacial score (nSPS) is 9.85. The number of carbonyl (C=O) groups excluding carboxylic acids is 2. The molecule has 0 saturated heterocycles. The van der Waals surface area contributed by atoms with Crippen molar-refractivity contribution in [2.75, 3.05) is 5.32 Å². The van der Waals surface area contributed by atoms with Crippen LogP contribution in [0.1, 0.15) is 15.9 Å². The smallest absolute Gasteiger partial charge is 0.412 e. The van der Waals surface area contributed by atoms with Gasteiger partial charge in [0.1, 0.15) is 12.9 Å². The van der Waals surface area contributed by atoms with Crippen LogP contribution in [0.15, 0.2) is 48.5 Å². The van der Waals surface area contributed by atoms with Crippen LogP contribution in [0.5, 0.6) is 0 Å². The van der Waals surface area contributed by atoms with Gasteiger partial charge in [-0.1, -0.05) is 48.0 Å². The summed E-state index contributed by atoms with van der Waals surface area (Å²) in [5.41, 5.74) is 1.65. The Kier molecular flexibility index (Phi) is 4.74. The van der Waals surface area contributed by atoms with Crippen molar-refractivity contribution >= 4 is 29.7 Å². The van der Waals surface area contributed by atoms with Gasteiger partial charge in [0.2, 0.25) is 0 Å². The van der Waals surface area contributed by atoms with Crippen molar-refractivity contribution in [2.24, 2.45) is 0 Å². The Morgan fingerprint density at radius 1 is 1.20 bits per heavy atom. The van der Waals surface area contributed by atoms with Crippen molar-refractivity contribution in [1.29, 1.82) is 0 Å². The molecule has 102 valence electrons. The Morgan fingerprint density at radius 2 is 1.95 bits per heavy atom. The summed E-state index contributed by atoms with van der Waals surface area (Å²) in [4.78, 5) is 22.3. The molecule has 0 bridgehead atoms. The zero-order chi connectivity index (χ0) is 14.4. The van der Waals surface area contributed by atoms with Crippen LogP contribution in [0.25, 0.3) is 0 Å². The minimum absolute atomic E-state index is 0.164. The van der Waals surface area contributed by atoms with E-state index in [0.717, 1.165) is 5.56 Å². The first-order valence-electron chi connectivity index (χ1n) is 5.91. The highest BCUT2D eigenvalue weighted by molar-refractivity contribution is 6.33. The van der Waals surface area contributed by atoms with Crippen LogP contribution in [0.3, 0.4) is 0 Å². The lowest BCUT2D eigenvalue weighted by Gasteiger charge is -2.09. The number of amides is 1. The van der Waals surface area contributed by atoms with E-state index in [-0.39, 0.29) is 6.61 Å². The van der Waals surface area contributed by atoms with Gasteiger partial charge in [0.05, 0.1) is 10.7 Å². The summed E-state index contributed by atoms with van der Waals surface area (Å²) in [5.74, 6) is 0. The lowest BCUT2D eigenvalue weighted by Crippen LogP contribution is -2.14. The number of hydrogen-bond donors (Lipinski definition) is 1. The topological polar surface area (TPSA) is 55.4 Å². The van der Waals surface area contributed by atoms with Gasteiger partial charge in [-0.25, -0.2) is 4.79 Å². The average molecular weight is 290 g/mol. The lowest BCUT2D eigenvalue weighted by atomic mass is 10.2. The molecule has 0 aromatic heterocycles. The van der Waals surface area contributed by atoms with E-state index in [1.165, 1.54) is 12.1 Å². The predicted molar refractivity (Wildman–Crippen MR) is 77.1 cm³/mol. The van der Waals surface area contributed by atoms with Crippen molar-refractivity contribution < 1.29 is 14.3 Å². The Hall–Kier alpha value is -2.33. The van der Waals surface area contributed by atoms with Gasteiger partial charge in [-0.2, -0.15) is 0 Å². The maximum atomic E-state index is 11.7.